The van der Waals surface area contributed by atoms with Crippen LogP contribution in [-0.2, 0) is 6.61 Å². The topological polar surface area (TPSA) is 55.2 Å². The third kappa shape index (κ3) is 2.60. The van der Waals surface area contributed by atoms with Crippen molar-refractivity contribution in [1.82, 2.24) is 9.97 Å². The number of nitrogens with zero attached hydrogens (tertiary/aromatic N) is 2. The predicted octanol–water partition coefficient (Wildman–Crippen LogP) is 2.35. The van der Waals surface area contributed by atoms with Crippen molar-refractivity contribution in [2.45, 2.75) is 13.5 Å². The summed E-state index contributed by atoms with van der Waals surface area (Å²) in [5.41, 5.74) is 1.06. The summed E-state index contributed by atoms with van der Waals surface area (Å²) in [5, 5.41) is 8.95. The molecule has 6 heteroatoms. The molecular formula is C12H10F2N2O2. The minimum Gasteiger partial charge on any atom is -0.421 e. The van der Waals surface area contributed by atoms with Gasteiger partial charge in [0.2, 0.25) is 0 Å². The predicted molar refractivity (Wildman–Crippen MR) is 59.1 cm³/mol. The van der Waals surface area contributed by atoms with Crippen molar-refractivity contribution < 1.29 is 18.6 Å². The van der Waals surface area contributed by atoms with E-state index in [-0.39, 0.29) is 18.4 Å². The number of aliphatic hydroxyl groups is 1. The van der Waals surface area contributed by atoms with Gasteiger partial charge in [0.05, 0.1) is 12.3 Å². The van der Waals surface area contributed by atoms with Gasteiger partial charge >= 0.3 is 6.01 Å². The van der Waals surface area contributed by atoms with Crippen LogP contribution in [0.2, 0.25) is 0 Å². The van der Waals surface area contributed by atoms with Crippen molar-refractivity contribution in [3.63, 3.8) is 0 Å². The zero-order valence-corrected chi connectivity index (χ0v) is 9.52. The first-order chi connectivity index (χ1) is 8.60. The molecule has 0 fully saturated rings. The zero-order chi connectivity index (χ0) is 13.1. The van der Waals surface area contributed by atoms with Crippen LogP contribution in [0.15, 0.2) is 24.4 Å². The van der Waals surface area contributed by atoms with Crippen LogP contribution in [-0.4, -0.2) is 15.1 Å². The number of hydrogen-bond donors (Lipinski definition) is 1. The third-order valence-electron chi connectivity index (χ3n) is 2.32. The van der Waals surface area contributed by atoms with E-state index in [4.69, 9.17) is 9.84 Å². The Kier molecular flexibility index (Phi) is 3.47. The third-order valence-corrected chi connectivity index (χ3v) is 2.32. The van der Waals surface area contributed by atoms with Gasteiger partial charge in [0.1, 0.15) is 5.82 Å². The largest absolute Gasteiger partial charge is 0.421 e. The van der Waals surface area contributed by atoms with Crippen molar-refractivity contribution >= 4 is 0 Å². The lowest BCUT2D eigenvalue weighted by atomic mass is 10.3. The van der Waals surface area contributed by atoms with E-state index in [1.54, 1.807) is 6.92 Å². The van der Waals surface area contributed by atoms with Crippen LogP contribution < -0.4 is 4.74 Å². The number of ether oxygens (including phenoxy) is 1. The van der Waals surface area contributed by atoms with Crippen LogP contribution in [0.25, 0.3) is 0 Å². The van der Waals surface area contributed by atoms with Gasteiger partial charge in [-0.05, 0) is 19.1 Å². The molecule has 18 heavy (non-hydrogen) atoms. The van der Waals surface area contributed by atoms with Gasteiger partial charge in [-0.2, -0.15) is 4.98 Å². The molecule has 0 amide bonds. The molecule has 2 rings (SSSR count). The molecule has 0 aliphatic heterocycles. The molecule has 0 unspecified atom stereocenters. The van der Waals surface area contributed by atoms with E-state index in [1.165, 1.54) is 6.20 Å². The molecule has 0 spiro atoms. The van der Waals surface area contributed by atoms with Crippen molar-refractivity contribution in [3.8, 4) is 11.8 Å². The number of halogens is 2. The average molecular weight is 252 g/mol. The highest BCUT2D eigenvalue weighted by Gasteiger charge is 2.09. The molecule has 0 radical (unpaired) electrons. The molecule has 0 bridgehead atoms. The van der Waals surface area contributed by atoms with E-state index in [2.05, 4.69) is 9.97 Å². The number of benzene rings is 1. The van der Waals surface area contributed by atoms with Crippen LogP contribution in [0.3, 0.4) is 0 Å². The fraction of sp³-hybridized carbons (Fsp3) is 0.167. The first kappa shape index (κ1) is 12.4. The second-order valence-corrected chi connectivity index (χ2v) is 3.60. The molecule has 1 aromatic carbocycles. The minimum atomic E-state index is -0.705. The lowest BCUT2D eigenvalue weighted by molar-refractivity contribution is 0.279. The Bertz CT molecular complexity index is 576. The van der Waals surface area contributed by atoms with Gasteiger partial charge in [-0.3, -0.25) is 0 Å². The number of rotatable bonds is 3. The molecule has 4 nitrogen and oxygen atoms in total. The fourth-order valence-corrected chi connectivity index (χ4v) is 1.33. The molecule has 0 saturated carbocycles. The summed E-state index contributed by atoms with van der Waals surface area (Å²) >= 11 is 0. The maximum Gasteiger partial charge on any atom is 0.322 e. The van der Waals surface area contributed by atoms with Gasteiger partial charge in [-0.1, -0.05) is 0 Å². The SMILES string of the molecule is Cc1nc(Oc2cc(F)ccc2F)ncc1CO. The summed E-state index contributed by atoms with van der Waals surface area (Å²) in [7, 11) is 0. The van der Waals surface area contributed by atoms with Gasteiger partial charge in [0.15, 0.2) is 11.6 Å². The number of aryl methyl sites for hydroxylation is 1. The normalized spacial score (nSPS) is 10.4. The van der Waals surface area contributed by atoms with Gasteiger partial charge in [-0.15, -0.1) is 0 Å². The Balaban J connectivity index is 2.28. The van der Waals surface area contributed by atoms with Gasteiger partial charge < -0.3 is 9.84 Å². The van der Waals surface area contributed by atoms with Crippen LogP contribution in [0.4, 0.5) is 8.78 Å². The molecule has 94 valence electrons. The molecule has 2 aromatic rings. The monoisotopic (exact) mass is 252 g/mol. The second-order valence-electron chi connectivity index (χ2n) is 3.60. The first-order valence-corrected chi connectivity index (χ1v) is 5.16. The molecule has 1 heterocycles. The minimum absolute atomic E-state index is 0.103. The second kappa shape index (κ2) is 5.05. The Hall–Kier alpha value is -2.08. The Morgan fingerprint density at radius 1 is 1.33 bits per heavy atom. The first-order valence-electron chi connectivity index (χ1n) is 5.16. The lowest BCUT2D eigenvalue weighted by Crippen LogP contribution is -1.99. The summed E-state index contributed by atoms with van der Waals surface area (Å²) in [6, 6.07) is 2.76. The molecule has 0 atom stereocenters. The Morgan fingerprint density at radius 3 is 2.78 bits per heavy atom. The van der Waals surface area contributed by atoms with Crippen molar-refractivity contribution in [3.05, 3.63) is 47.3 Å². The Morgan fingerprint density at radius 2 is 2.11 bits per heavy atom. The summed E-state index contributed by atoms with van der Waals surface area (Å²) in [5.74, 6) is -1.61. The van der Waals surface area contributed by atoms with Crippen molar-refractivity contribution in [2.24, 2.45) is 0 Å². The van der Waals surface area contributed by atoms with E-state index in [1.807, 2.05) is 0 Å². The average Bonchev–Trinajstić information content (AvgIpc) is 2.34. The number of aromatic nitrogens is 2. The van der Waals surface area contributed by atoms with Crippen LogP contribution in [0.5, 0.6) is 11.8 Å². The highest BCUT2D eigenvalue weighted by atomic mass is 19.1. The van der Waals surface area contributed by atoms with E-state index >= 15 is 0 Å². The molecule has 0 saturated heterocycles. The smallest absolute Gasteiger partial charge is 0.322 e. The summed E-state index contributed by atoms with van der Waals surface area (Å²) in [6.07, 6.45) is 1.37. The number of aliphatic hydroxyl groups excluding tert-OH is 1. The van der Waals surface area contributed by atoms with Gasteiger partial charge in [0.25, 0.3) is 0 Å². The molecular weight excluding hydrogens is 242 g/mol. The quantitative estimate of drug-likeness (QED) is 0.911. The molecule has 1 aromatic heterocycles. The van der Waals surface area contributed by atoms with Crippen LogP contribution in [0, 0.1) is 18.6 Å². The molecule has 0 aliphatic carbocycles. The van der Waals surface area contributed by atoms with E-state index in [0.29, 0.717) is 11.3 Å². The highest BCUT2D eigenvalue weighted by molar-refractivity contribution is 5.28. The standard InChI is InChI=1S/C12H10F2N2O2/c1-7-8(6-17)5-15-12(16-7)18-11-4-9(13)2-3-10(11)14/h2-5,17H,6H2,1H3. The maximum atomic E-state index is 13.3. The molecule has 0 aliphatic rings. The van der Waals surface area contributed by atoms with Crippen molar-refractivity contribution in [1.29, 1.82) is 0 Å². The Labute approximate surface area is 102 Å². The van der Waals surface area contributed by atoms with Crippen LogP contribution >= 0.6 is 0 Å². The summed E-state index contributed by atoms with van der Waals surface area (Å²) < 4.78 is 31.3. The lowest BCUT2D eigenvalue weighted by Gasteiger charge is -2.07. The number of hydrogen-bond acceptors (Lipinski definition) is 4. The van der Waals surface area contributed by atoms with E-state index in [0.717, 1.165) is 18.2 Å². The highest BCUT2D eigenvalue weighted by Crippen LogP contribution is 2.23. The maximum absolute atomic E-state index is 13.3. The summed E-state index contributed by atoms with van der Waals surface area (Å²) in [4.78, 5) is 7.72. The van der Waals surface area contributed by atoms with E-state index < -0.39 is 11.6 Å². The van der Waals surface area contributed by atoms with Crippen LogP contribution in [0.1, 0.15) is 11.3 Å². The van der Waals surface area contributed by atoms with Crippen molar-refractivity contribution in [2.75, 3.05) is 0 Å². The van der Waals surface area contributed by atoms with E-state index in [9.17, 15) is 8.78 Å². The fourth-order valence-electron chi connectivity index (χ4n) is 1.33. The van der Waals surface area contributed by atoms with Gasteiger partial charge in [-0.25, -0.2) is 13.8 Å². The summed E-state index contributed by atoms with van der Waals surface area (Å²) in [6.45, 7) is 1.46. The molecule has 1 N–H and O–H groups in total. The zero-order valence-electron chi connectivity index (χ0n) is 9.52. The van der Waals surface area contributed by atoms with Gasteiger partial charge in [0, 0.05) is 17.8 Å².